The largest absolute Gasteiger partial charge is 0.465 e. The molecule has 0 aliphatic carbocycles. The molecule has 0 aliphatic heterocycles. The number of aryl methyl sites for hydroxylation is 1. The van der Waals surface area contributed by atoms with E-state index in [2.05, 4.69) is 9.72 Å². The summed E-state index contributed by atoms with van der Waals surface area (Å²) in [6.45, 7) is 0. The molecule has 152 valence electrons. The average Bonchev–Trinajstić information content (AvgIpc) is 3.40. The fraction of sp³-hybridized carbons (Fsp3) is 0.182. The number of hydrogen-bond donors (Lipinski definition) is 1. The van der Waals surface area contributed by atoms with Gasteiger partial charge in [0.2, 0.25) is 0 Å². The number of halogens is 1. The molecule has 7 heteroatoms. The molecule has 0 fully saturated rings. The summed E-state index contributed by atoms with van der Waals surface area (Å²) in [5, 5.41) is 1.83. The number of benzene rings is 2. The number of fused-ring (bicyclic) bond motifs is 2. The third kappa shape index (κ3) is 4.63. The van der Waals surface area contributed by atoms with Crippen LogP contribution in [0, 0.1) is 0 Å². The zero-order valence-electron chi connectivity index (χ0n) is 17.4. The number of ether oxygens (including phenoxy) is 2. The quantitative estimate of drug-likeness (QED) is 0.504. The van der Waals surface area contributed by atoms with E-state index in [1.165, 1.54) is 14.2 Å². The molecule has 4 aromatic rings. The van der Waals surface area contributed by atoms with Gasteiger partial charge < -0.3 is 19.0 Å². The number of aromatic nitrogens is 2. The molecule has 0 bridgehead atoms. The number of hydrogen-bond acceptors (Lipinski definition) is 4. The van der Waals surface area contributed by atoms with Crippen LogP contribution in [0.3, 0.4) is 0 Å². The summed E-state index contributed by atoms with van der Waals surface area (Å²) < 4.78 is 26.8. The molecular formula is C22H23FN2O4. The molecule has 0 aliphatic rings. The number of carbonyl (C=O) groups is 2. The van der Waals surface area contributed by atoms with E-state index in [1.54, 1.807) is 18.3 Å². The summed E-state index contributed by atoms with van der Waals surface area (Å²) in [7, 11) is 3.72. The Morgan fingerprint density at radius 2 is 1.55 bits per heavy atom. The van der Waals surface area contributed by atoms with Crippen LogP contribution in [-0.2, 0) is 16.5 Å². The maximum absolute atomic E-state index is 11.4. The minimum absolute atomic E-state index is 0.290. The molecular weight excluding hydrogens is 375 g/mol. The van der Waals surface area contributed by atoms with Gasteiger partial charge >= 0.3 is 11.9 Å². The molecule has 2 aromatic heterocycles. The van der Waals surface area contributed by atoms with Crippen LogP contribution in [0.15, 0.2) is 60.9 Å². The standard InChI is InChI=1S/C11H11NO2.C10H9NO2.CH3F/c1-12-7-6-8-9(11(13)14-2)4-3-5-10(8)12;1-13-10(12)8-3-2-4-9-7(8)5-6-11-9;1-2/h3-7H,1-2H3;2-6,11H,1H3;1H3/i;;1D. The summed E-state index contributed by atoms with van der Waals surface area (Å²) >= 11 is 0. The lowest BCUT2D eigenvalue weighted by molar-refractivity contribution is 0.0594. The van der Waals surface area contributed by atoms with Crippen molar-refractivity contribution in [1.29, 1.82) is 0 Å². The molecule has 6 nitrogen and oxygen atoms in total. The minimum atomic E-state index is -1.00. The number of alkyl halides is 1. The van der Waals surface area contributed by atoms with Crippen LogP contribution >= 0.6 is 0 Å². The molecule has 0 saturated heterocycles. The first-order valence-electron chi connectivity index (χ1n) is 9.31. The number of aromatic amines is 1. The third-order valence-electron chi connectivity index (χ3n) is 4.33. The van der Waals surface area contributed by atoms with Gasteiger partial charge in [-0.25, -0.2) is 9.59 Å². The van der Waals surface area contributed by atoms with Crippen molar-refractivity contribution < 1.29 is 24.8 Å². The number of methoxy groups -OCH3 is 2. The lowest BCUT2D eigenvalue weighted by atomic mass is 10.1. The van der Waals surface area contributed by atoms with Crippen LogP contribution in [0.1, 0.15) is 22.1 Å². The molecule has 2 heterocycles. The normalized spacial score (nSPS) is 10.3. The van der Waals surface area contributed by atoms with Crippen LogP contribution in [0.25, 0.3) is 21.8 Å². The molecule has 0 spiro atoms. The number of rotatable bonds is 2. The van der Waals surface area contributed by atoms with E-state index in [-0.39, 0.29) is 11.9 Å². The highest BCUT2D eigenvalue weighted by molar-refractivity contribution is 6.04. The van der Waals surface area contributed by atoms with Crippen LogP contribution < -0.4 is 0 Å². The second-order valence-electron chi connectivity index (χ2n) is 5.89. The first-order chi connectivity index (χ1) is 14.5. The molecule has 0 radical (unpaired) electrons. The van der Waals surface area contributed by atoms with Crippen molar-refractivity contribution in [2.45, 2.75) is 0 Å². The minimum Gasteiger partial charge on any atom is -0.465 e. The second kappa shape index (κ2) is 10.1. The van der Waals surface area contributed by atoms with Gasteiger partial charge in [0.15, 0.2) is 0 Å². The molecule has 0 unspecified atom stereocenters. The molecule has 29 heavy (non-hydrogen) atoms. The van der Waals surface area contributed by atoms with Crippen molar-refractivity contribution in [3.05, 3.63) is 72.1 Å². The molecule has 0 saturated carbocycles. The summed E-state index contributed by atoms with van der Waals surface area (Å²) in [5.74, 6) is -0.591. The predicted molar refractivity (Wildman–Crippen MR) is 111 cm³/mol. The van der Waals surface area contributed by atoms with Gasteiger partial charge in [-0.05, 0) is 36.4 Å². The van der Waals surface area contributed by atoms with Gasteiger partial charge in [-0.1, -0.05) is 12.1 Å². The molecule has 0 atom stereocenters. The summed E-state index contributed by atoms with van der Waals surface area (Å²) in [5.41, 5.74) is 3.20. The van der Waals surface area contributed by atoms with Gasteiger partial charge in [-0.15, -0.1) is 0 Å². The van der Waals surface area contributed by atoms with Gasteiger partial charge in [0.25, 0.3) is 0 Å². The highest BCUT2D eigenvalue weighted by Crippen LogP contribution is 2.20. The number of esters is 2. The van der Waals surface area contributed by atoms with Crippen molar-refractivity contribution in [2.24, 2.45) is 7.05 Å². The van der Waals surface area contributed by atoms with E-state index in [0.29, 0.717) is 11.1 Å². The molecule has 4 rings (SSSR count). The molecule has 2 aromatic carbocycles. The Labute approximate surface area is 169 Å². The Bertz CT molecular complexity index is 1140. The smallest absolute Gasteiger partial charge is 0.338 e. The van der Waals surface area contributed by atoms with E-state index in [4.69, 9.17) is 6.11 Å². The van der Waals surface area contributed by atoms with E-state index >= 15 is 0 Å². The van der Waals surface area contributed by atoms with Crippen LogP contribution in [0.2, 0.25) is 0 Å². The maximum Gasteiger partial charge on any atom is 0.338 e. The Hall–Kier alpha value is -3.61. The summed E-state index contributed by atoms with van der Waals surface area (Å²) in [6, 6.07) is 14.9. The Kier molecular flexibility index (Phi) is 7.00. The Balaban J connectivity index is 0.000000190. The monoisotopic (exact) mass is 399 g/mol. The van der Waals surface area contributed by atoms with Gasteiger partial charge in [0.05, 0.1) is 33.9 Å². The summed E-state index contributed by atoms with van der Waals surface area (Å²) in [4.78, 5) is 25.7. The van der Waals surface area contributed by atoms with Crippen LogP contribution in [0.5, 0.6) is 0 Å². The number of nitrogens with one attached hydrogen (secondary N) is 1. The Morgan fingerprint density at radius 1 is 0.966 bits per heavy atom. The Morgan fingerprint density at radius 3 is 2.17 bits per heavy atom. The van der Waals surface area contributed by atoms with Crippen molar-refractivity contribution in [1.82, 2.24) is 9.55 Å². The fourth-order valence-corrected chi connectivity index (χ4v) is 2.96. The first kappa shape index (κ1) is 20.1. The van der Waals surface area contributed by atoms with E-state index in [1.807, 2.05) is 54.2 Å². The topological polar surface area (TPSA) is 73.3 Å². The predicted octanol–water partition coefficient (Wildman–Crippen LogP) is 4.51. The van der Waals surface area contributed by atoms with Crippen molar-refractivity contribution >= 4 is 33.7 Å². The van der Waals surface area contributed by atoms with E-state index in [9.17, 15) is 14.0 Å². The van der Waals surface area contributed by atoms with Gasteiger partial charge in [-0.2, -0.15) is 0 Å². The maximum atomic E-state index is 11.4. The van der Waals surface area contributed by atoms with Crippen molar-refractivity contribution in [3.63, 3.8) is 0 Å². The van der Waals surface area contributed by atoms with Gasteiger partial charge in [-0.3, -0.25) is 4.39 Å². The number of nitrogens with zero attached hydrogens (tertiary/aromatic N) is 1. The zero-order valence-corrected chi connectivity index (χ0v) is 16.4. The highest BCUT2D eigenvalue weighted by Gasteiger charge is 2.11. The lowest BCUT2D eigenvalue weighted by Crippen LogP contribution is -2.01. The van der Waals surface area contributed by atoms with Crippen LogP contribution in [0.4, 0.5) is 4.39 Å². The second-order valence-corrected chi connectivity index (χ2v) is 5.89. The van der Waals surface area contributed by atoms with Gasteiger partial charge in [0, 0.05) is 41.2 Å². The fourth-order valence-electron chi connectivity index (χ4n) is 2.96. The van der Waals surface area contributed by atoms with Crippen LogP contribution in [-0.4, -0.2) is 42.9 Å². The van der Waals surface area contributed by atoms with Crippen molar-refractivity contribution in [3.8, 4) is 0 Å². The van der Waals surface area contributed by atoms with E-state index < -0.39 is 7.15 Å². The van der Waals surface area contributed by atoms with E-state index in [0.717, 1.165) is 21.8 Å². The molecule has 1 N–H and O–H groups in total. The first-order valence-corrected chi connectivity index (χ1v) is 8.60. The lowest BCUT2D eigenvalue weighted by Gasteiger charge is -2.01. The average molecular weight is 399 g/mol. The SMILES string of the molecule is COC(=O)c1cccc2[nH]ccc12.COC(=O)c1cccc2c1ccn2C.[2H]CF. The highest BCUT2D eigenvalue weighted by atomic mass is 19.1. The van der Waals surface area contributed by atoms with Gasteiger partial charge in [0.1, 0.15) is 0 Å². The summed E-state index contributed by atoms with van der Waals surface area (Å²) in [6.07, 6.45) is 3.73. The molecule has 0 amide bonds. The van der Waals surface area contributed by atoms with Crippen molar-refractivity contribution in [2.75, 3.05) is 21.4 Å². The zero-order chi connectivity index (χ0) is 22.1. The number of H-pyrrole nitrogens is 1. The third-order valence-corrected chi connectivity index (χ3v) is 4.33. The number of carbonyl (C=O) groups excluding carboxylic acids is 2.